The number of rotatable bonds is 4. The van der Waals surface area contributed by atoms with Gasteiger partial charge < -0.3 is 4.90 Å². The van der Waals surface area contributed by atoms with Crippen molar-refractivity contribution < 1.29 is 0 Å². The van der Waals surface area contributed by atoms with Crippen molar-refractivity contribution >= 4 is 7.85 Å². The van der Waals surface area contributed by atoms with E-state index in [1.165, 1.54) is 45.2 Å². The van der Waals surface area contributed by atoms with Crippen molar-refractivity contribution in [3.8, 4) is 0 Å². The van der Waals surface area contributed by atoms with E-state index in [-0.39, 0.29) is 5.31 Å². The van der Waals surface area contributed by atoms with Gasteiger partial charge >= 0.3 is 0 Å². The molecule has 0 bridgehead atoms. The molecule has 1 fully saturated rings. The topological polar surface area (TPSA) is 3.24 Å². The lowest BCUT2D eigenvalue weighted by Gasteiger charge is -2.43. The van der Waals surface area contributed by atoms with Gasteiger partial charge in [0.25, 0.3) is 0 Å². The molecular formula is C16H32BN. The molecule has 18 heavy (non-hydrogen) atoms. The van der Waals surface area contributed by atoms with Crippen LogP contribution in [0.5, 0.6) is 0 Å². The fourth-order valence-electron chi connectivity index (χ4n) is 3.58. The summed E-state index contributed by atoms with van der Waals surface area (Å²) in [5, 5.41) is 0.0100. The van der Waals surface area contributed by atoms with Crippen LogP contribution in [-0.4, -0.2) is 32.9 Å². The van der Waals surface area contributed by atoms with Gasteiger partial charge in [-0.3, -0.25) is 0 Å². The molecule has 1 nitrogen and oxygen atoms in total. The molecule has 1 aliphatic rings. The summed E-state index contributed by atoms with van der Waals surface area (Å²) in [5.74, 6) is 2.21. The molecule has 0 aliphatic carbocycles. The third kappa shape index (κ3) is 4.95. The van der Waals surface area contributed by atoms with Crippen molar-refractivity contribution in [1.82, 2.24) is 4.90 Å². The van der Waals surface area contributed by atoms with Crippen LogP contribution in [0, 0.1) is 17.8 Å². The van der Waals surface area contributed by atoms with E-state index in [1.807, 2.05) is 0 Å². The summed E-state index contributed by atoms with van der Waals surface area (Å²) in [6.45, 7) is 11.7. The molecule has 0 saturated carbocycles. The van der Waals surface area contributed by atoms with Crippen LogP contribution in [0.3, 0.4) is 0 Å². The van der Waals surface area contributed by atoms with Crippen LogP contribution < -0.4 is 0 Å². The molecule has 1 rings (SSSR count). The summed E-state index contributed by atoms with van der Waals surface area (Å²) in [4.78, 5) is 2.49. The molecule has 0 aromatic rings. The summed E-state index contributed by atoms with van der Waals surface area (Å²) >= 11 is 0. The van der Waals surface area contributed by atoms with Gasteiger partial charge in [0.05, 0.1) is 7.85 Å². The molecule has 2 heteroatoms. The number of hydrogen-bond acceptors (Lipinski definition) is 1. The molecule has 1 heterocycles. The number of nitrogens with zero attached hydrogens (tertiary/aromatic N) is 1. The van der Waals surface area contributed by atoms with Gasteiger partial charge in [0.2, 0.25) is 0 Å². The minimum atomic E-state index is 0.0100. The van der Waals surface area contributed by atoms with E-state index in [0.717, 1.165) is 11.8 Å². The van der Waals surface area contributed by atoms with Crippen LogP contribution in [0.25, 0.3) is 0 Å². The van der Waals surface area contributed by atoms with Crippen molar-refractivity contribution in [1.29, 1.82) is 0 Å². The molecular weight excluding hydrogens is 217 g/mol. The first-order chi connectivity index (χ1) is 8.35. The van der Waals surface area contributed by atoms with Crippen LogP contribution >= 0.6 is 0 Å². The zero-order valence-electron chi connectivity index (χ0n) is 13.2. The Kier molecular flexibility index (Phi) is 6.24. The van der Waals surface area contributed by atoms with Gasteiger partial charge in [-0.15, -0.1) is 0 Å². The highest BCUT2D eigenvalue weighted by Crippen LogP contribution is 2.44. The molecule has 0 spiro atoms. The van der Waals surface area contributed by atoms with E-state index in [0.29, 0.717) is 5.92 Å². The van der Waals surface area contributed by atoms with Crippen LogP contribution in [0.2, 0.25) is 5.31 Å². The summed E-state index contributed by atoms with van der Waals surface area (Å²) in [5.41, 5.74) is 0. The van der Waals surface area contributed by atoms with Crippen molar-refractivity contribution in [2.45, 2.75) is 65.1 Å². The monoisotopic (exact) mass is 249 g/mol. The number of likely N-dealkylation sites (tertiary alicyclic amines) is 1. The van der Waals surface area contributed by atoms with Crippen molar-refractivity contribution in [3.63, 3.8) is 0 Å². The quantitative estimate of drug-likeness (QED) is 0.677. The van der Waals surface area contributed by atoms with E-state index in [2.05, 4.69) is 39.6 Å². The van der Waals surface area contributed by atoms with E-state index >= 15 is 0 Å². The first-order valence-corrected chi connectivity index (χ1v) is 7.82. The smallest absolute Gasteiger partial charge is 0.0747 e. The molecule has 1 aliphatic heterocycles. The second-order valence-corrected chi connectivity index (χ2v) is 7.19. The Morgan fingerprint density at radius 2 is 2.11 bits per heavy atom. The lowest BCUT2D eigenvalue weighted by molar-refractivity contribution is 0.154. The van der Waals surface area contributed by atoms with E-state index in [4.69, 9.17) is 7.85 Å². The molecule has 1 saturated heterocycles. The third-order valence-corrected chi connectivity index (χ3v) is 4.72. The van der Waals surface area contributed by atoms with Crippen molar-refractivity contribution in [2.24, 2.45) is 17.8 Å². The van der Waals surface area contributed by atoms with Crippen LogP contribution in [0.15, 0.2) is 0 Å². The van der Waals surface area contributed by atoms with Gasteiger partial charge in [0, 0.05) is 6.54 Å². The third-order valence-electron chi connectivity index (χ3n) is 4.72. The highest BCUT2D eigenvalue weighted by atomic mass is 15.1. The lowest BCUT2D eigenvalue weighted by Crippen LogP contribution is -2.38. The number of hydrogen-bond donors (Lipinski definition) is 0. The first kappa shape index (κ1) is 16.1. The average Bonchev–Trinajstić information content (AvgIpc) is 2.24. The second kappa shape index (κ2) is 6.98. The molecule has 0 N–H and O–H groups in total. The lowest BCUT2D eigenvalue weighted by atomic mass is 9.55. The zero-order chi connectivity index (χ0) is 13.8. The highest BCUT2D eigenvalue weighted by molar-refractivity contribution is 6.15. The van der Waals surface area contributed by atoms with Crippen molar-refractivity contribution in [2.75, 3.05) is 20.1 Å². The first-order valence-electron chi connectivity index (χ1n) is 7.82. The van der Waals surface area contributed by atoms with Crippen LogP contribution in [-0.2, 0) is 0 Å². The predicted octanol–water partition coefficient (Wildman–Crippen LogP) is 4.14. The summed E-state index contributed by atoms with van der Waals surface area (Å²) in [7, 11) is 8.92. The Hall–Kier alpha value is 0.0249. The maximum Gasteiger partial charge on any atom is 0.0747 e. The Morgan fingerprint density at radius 1 is 1.44 bits per heavy atom. The predicted molar refractivity (Wildman–Crippen MR) is 82.2 cm³/mol. The van der Waals surface area contributed by atoms with Gasteiger partial charge in [0.15, 0.2) is 0 Å². The Labute approximate surface area is 116 Å². The standard InChI is InChI=1S/C16H32BN/c1-6-7-13(2)10-15-12-18(5)9-8-14(3)11-16(15,4)17/h13-15H,6-12H2,1-5H3. The molecule has 0 amide bonds. The molecule has 4 atom stereocenters. The van der Waals surface area contributed by atoms with Gasteiger partial charge in [0.1, 0.15) is 0 Å². The van der Waals surface area contributed by atoms with Gasteiger partial charge in [-0.1, -0.05) is 52.3 Å². The van der Waals surface area contributed by atoms with Crippen molar-refractivity contribution in [3.05, 3.63) is 0 Å². The summed E-state index contributed by atoms with van der Waals surface area (Å²) in [6, 6.07) is 0. The Balaban J connectivity index is 2.69. The average molecular weight is 249 g/mol. The normalized spacial score (nSPS) is 36.9. The molecule has 4 unspecified atom stereocenters. The minimum Gasteiger partial charge on any atom is -0.306 e. The van der Waals surface area contributed by atoms with Gasteiger partial charge in [-0.05, 0) is 44.2 Å². The largest absolute Gasteiger partial charge is 0.306 e. The highest BCUT2D eigenvalue weighted by Gasteiger charge is 2.33. The Morgan fingerprint density at radius 3 is 2.72 bits per heavy atom. The molecule has 0 aromatic carbocycles. The van der Waals surface area contributed by atoms with Gasteiger partial charge in [-0.25, -0.2) is 0 Å². The summed E-state index contributed by atoms with van der Waals surface area (Å²) in [6.07, 6.45) is 6.40. The Bertz CT molecular complexity index is 239. The van der Waals surface area contributed by atoms with E-state index in [1.54, 1.807) is 0 Å². The van der Waals surface area contributed by atoms with Gasteiger partial charge in [-0.2, -0.15) is 0 Å². The minimum absolute atomic E-state index is 0.0100. The maximum absolute atomic E-state index is 6.66. The fraction of sp³-hybridized carbons (Fsp3) is 1.00. The molecule has 0 aromatic heterocycles. The van der Waals surface area contributed by atoms with Crippen LogP contribution in [0.1, 0.15) is 59.8 Å². The van der Waals surface area contributed by atoms with E-state index < -0.39 is 0 Å². The summed E-state index contributed by atoms with van der Waals surface area (Å²) < 4.78 is 0. The fourth-order valence-corrected chi connectivity index (χ4v) is 3.58. The van der Waals surface area contributed by atoms with E-state index in [9.17, 15) is 0 Å². The zero-order valence-corrected chi connectivity index (χ0v) is 13.2. The SMILES string of the molecule is [B]C1(C)CC(C)CCN(C)CC1CC(C)CCC. The second-order valence-electron chi connectivity index (χ2n) is 7.19. The molecule has 2 radical (unpaired) electrons. The maximum atomic E-state index is 6.66. The molecule has 104 valence electrons. The van der Waals surface area contributed by atoms with Crippen LogP contribution in [0.4, 0.5) is 0 Å².